The Balaban J connectivity index is 0.000000234. The molecule has 0 bridgehead atoms. The monoisotopic (exact) mass is 2020 g/mol. The maximum Gasteiger partial charge on any atom is 0.226 e. The van der Waals surface area contributed by atoms with E-state index in [2.05, 4.69) is 57.1 Å². The van der Waals surface area contributed by atoms with Gasteiger partial charge >= 0.3 is 0 Å². The summed E-state index contributed by atoms with van der Waals surface area (Å²) in [4.78, 5) is 181. The molecule has 15 atom stereocenters. The van der Waals surface area contributed by atoms with Gasteiger partial charge in [0.25, 0.3) is 0 Å². The van der Waals surface area contributed by atoms with Gasteiger partial charge in [-0.3, -0.25) is 72.2 Å². The van der Waals surface area contributed by atoms with E-state index in [0.717, 1.165) is 278 Å². The molecule has 0 aromatic carbocycles. The van der Waals surface area contributed by atoms with Crippen LogP contribution >= 0.6 is 0 Å². The van der Waals surface area contributed by atoms with Crippen molar-refractivity contribution in [3.8, 4) is 0 Å². The van der Waals surface area contributed by atoms with Gasteiger partial charge in [-0.25, -0.2) is 0 Å². The van der Waals surface area contributed by atoms with Gasteiger partial charge in [0.05, 0.1) is 0 Å². The molecule has 6 aliphatic heterocycles. The third kappa shape index (κ3) is 38.1. The van der Waals surface area contributed by atoms with Crippen LogP contribution in [0.5, 0.6) is 0 Å². The topological polar surface area (TPSA) is 244 Å². The quantitative estimate of drug-likeness (QED) is 0.0626. The van der Waals surface area contributed by atoms with Crippen molar-refractivity contribution in [2.75, 3.05) is 173 Å². The predicted molar refractivity (Wildman–Crippen MR) is 587 cm³/mol. The highest BCUT2D eigenvalue weighted by molar-refractivity contribution is 5.96. The average molecular weight is 2020 g/mol. The standard InChI is InChI=1S/2C21H38N2O2.2C20H36N2O2.2C19H34N2O2/c1-15(2)23-13-9-10-16(23)14-22(6)20(25)18-12-8-7-11-17(18)19(24)21(3,4)5;1-21(2,3)19(24)17-11-6-7-12-18(17)20(25)22(4)13-10-16-23-14-8-5-9-15-23;2*1-6-22-13-9-10-15(22)14-21(5)19(24)17-12-8-7-11-16(17)18(23)20(2,3)4;2*1-19(2,3)17(22)15-9-5-6-10-16(15)18(23)20(4)13-14-21-11-7-8-12-21/h15-18H,7-14H2,1-6H3;17-18H,5-16H2,1-4H3;2*15-17H,6-14H2,1-5H3;2*15-16H,5-14H2,1-4H3/t16-,17+,18-;17-,18+;15-,16+,17-;15-,16-,17+;2*15-,16+/m001110/s1. The van der Waals surface area contributed by atoms with E-state index < -0.39 is 0 Å². The molecule has 0 aromatic heterocycles. The molecule has 0 radical (unpaired) electrons. The molecule has 12 fully saturated rings. The van der Waals surface area contributed by atoms with Crippen molar-refractivity contribution in [2.24, 2.45) is 104 Å². The molecule has 24 heteroatoms. The van der Waals surface area contributed by atoms with Crippen LogP contribution in [0.4, 0.5) is 0 Å². The molecule has 0 N–H and O–H groups in total. The predicted octanol–water partition coefficient (Wildman–Crippen LogP) is 20.1. The van der Waals surface area contributed by atoms with Crippen molar-refractivity contribution >= 4 is 70.1 Å². The molecule has 12 rings (SSSR count). The lowest BCUT2D eigenvalue weighted by atomic mass is 9.70. The summed E-state index contributed by atoms with van der Waals surface area (Å²) < 4.78 is 0. The summed E-state index contributed by atoms with van der Waals surface area (Å²) in [6.07, 6.45) is 40.8. The largest absolute Gasteiger partial charge is 0.345 e. The SMILES string of the molecule is CC(C)N1CCC[C@H]1CN(C)C(=O)[C@H]1CCCC[C@H]1C(=O)C(C)(C)C.CCN1CCC[C@@H]1CN(C)C(=O)[C@@H]1CCCC[C@@H]1C(=O)C(C)(C)C.CCN1CCC[C@@H]1CN(C)C(=O)[C@H]1CCCC[C@H]1C(=O)C(C)(C)C.CN(CCCN1CCCCC1)C(=O)[C@@H]1CCCC[C@@H]1C(=O)C(C)(C)C.CN(CCN1CCCC1)C(=O)[C@@H]1CCCC[C@@H]1C(=O)C(C)(C)C.CN(CCN1CCCC1)C(=O)[C@H]1CCCC[C@H]1C(=O)C(C)(C)C. The van der Waals surface area contributed by atoms with Gasteiger partial charge in [-0.15, -0.1) is 0 Å². The fourth-order valence-electron chi connectivity index (χ4n) is 26.1. The highest BCUT2D eigenvalue weighted by Crippen LogP contribution is 2.45. The van der Waals surface area contributed by atoms with Gasteiger partial charge in [-0.2, -0.15) is 0 Å². The van der Waals surface area contributed by atoms with Gasteiger partial charge in [0.15, 0.2) is 0 Å². The summed E-state index contributed by atoms with van der Waals surface area (Å²) in [6.45, 7) is 64.9. The van der Waals surface area contributed by atoms with Crippen LogP contribution in [-0.4, -0.2) is 326 Å². The molecule has 0 spiro atoms. The number of hydrogen-bond donors (Lipinski definition) is 0. The maximum atomic E-state index is 13.2. The van der Waals surface area contributed by atoms with Gasteiger partial charge in [-0.1, -0.05) is 222 Å². The molecule has 6 saturated carbocycles. The fraction of sp³-hybridized carbons (Fsp3) is 0.900. The number of rotatable bonds is 31. The molecule has 0 unspecified atom stereocenters. The van der Waals surface area contributed by atoms with E-state index >= 15 is 0 Å². The molecule has 6 aliphatic carbocycles. The van der Waals surface area contributed by atoms with E-state index in [1.54, 1.807) is 0 Å². The number of carbonyl (C=O) groups is 12. The van der Waals surface area contributed by atoms with E-state index in [1.165, 1.54) is 96.6 Å². The first kappa shape index (κ1) is 126. The van der Waals surface area contributed by atoms with Crippen molar-refractivity contribution < 1.29 is 57.5 Å². The highest BCUT2D eigenvalue weighted by atomic mass is 16.2. The van der Waals surface area contributed by atoms with Gasteiger partial charge in [0.1, 0.15) is 34.7 Å². The Bertz CT molecular complexity index is 3810. The van der Waals surface area contributed by atoms with Crippen LogP contribution in [0.15, 0.2) is 0 Å². The van der Waals surface area contributed by atoms with Crippen LogP contribution in [0.3, 0.4) is 0 Å². The molecule has 6 heterocycles. The lowest BCUT2D eigenvalue weighted by molar-refractivity contribution is -0.145. The highest BCUT2D eigenvalue weighted by Gasteiger charge is 2.49. The van der Waals surface area contributed by atoms with Crippen LogP contribution in [-0.2, 0) is 57.5 Å². The summed E-state index contributed by atoms with van der Waals surface area (Å²) in [5.74, 6) is 1.65. The van der Waals surface area contributed by atoms with Crippen molar-refractivity contribution in [3.05, 3.63) is 0 Å². The Hall–Kier alpha value is -5.40. The molecule has 0 aromatic rings. The zero-order valence-electron chi connectivity index (χ0n) is 97.5. The summed E-state index contributed by atoms with van der Waals surface area (Å²) in [5.41, 5.74) is -2.14. The zero-order chi connectivity index (χ0) is 107. The van der Waals surface area contributed by atoms with E-state index in [9.17, 15) is 57.5 Å². The second-order valence-electron chi connectivity index (χ2n) is 52.9. The van der Waals surface area contributed by atoms with Gasteiger partial charge in [-0.05, 0) is 253 Å². The first-order valence-electron chi connectivity index (χ1n) is 58.7. The summed E-state index contributed by atoms with van der Waals surface area (Å²) >= 11 is 0. The number of piperidine rings is 1. The van der Waals surface area contributed by atoms with Gasteiger partial charge in [0, 0.05) is 222 Å². The van der Waals surface area contributed by atoms with Gasteiger partial charge in [0.2, 0.25) is 35.4 Å². The number of Topliss-reactive ketones (excluding diaryl/α,β-unsaturated/α-hetero) is 6. The lowest BCUT2D eigenvalue weighted by Gasteiger charge is -2.37. The Morgan fingerprint density at radius 1 is 0.229 bits per heavy atom. The third-order valence-electron chi connectivity index (χ3n) is 34.9. The van der Waals surface area contributed by atoms with Gasteiger partial charge < -0.3 is 44.1 Å². The minimum Gasteiger partial charge on any atom is -0.345 e. The minimum absolute atomic E-state index is 0.0780. The van der Waals surface area contributed by atoms with E-state index in [4.69, 9.17) is 0 Å². The Kier molecular flexibility index (Phi) is 51.4. The molecule has 144 heavy (non-hydrogen) atoms. The lowest BCUT2D eigenvalue weighted by Crippen LogP contribution is -2.48. The fourth-order valence-corrected chi connectivity index (χ4v) is 26.1. The molecule has 828 valence electrons. The molecular weight excluding hydrogens is 1800 g/mol. The normalized spacial score (nSPS) is 27.4. The molecular formula is C120H216N12O12. The van der Waals surface area contributed by atoms with Crippen LogP contribution in [0.25, 0.3) is 0 Å². The Labute approximate surface area is 878 Å². The van der Waals surface area contributed by atoms with Crippen molar-refractivity contribution in [3.63, 3.8) is 0 Å². The van der Waals surface area contributed by atoms with E-state index in [-0.39, 0.29) is 174 Å². The van der Waals surface area contributed by atoms with E-state index in [1.807, 2.05) is 196 Å². The Morgan fingerprint density at radius 3 is 0.667 bits per heavy atom. The number of amides is 6. The summed E-state index contributed by atoms with van der Waals surface area (Å²) in [6, 6.07) is 1.98. The number of hydrogen-bond acceptors (Lipinski definition) is 18. The smallest absolute Gasteiger partial charge is 0.226 e. The van der Waals surface area contributed by atoms with Crippen molar-refractivity contribution in [2.45, 2.75) is 420 Å². The Morgan fingerprint density at radius 2 is 0.431 bits per heavy atom. The number of carbonyl (C=O) groups excluding carboxylic acids is 12. The number of likely N-dealkylation sites (N-methyl/N-ethyl adjacent to an activating group) is 7. The van der Waals surface area contributed by atoms with Crippen LogP contribution in [0.2, 0.25) is 0 Å². The first-order valence-corrected chi connectivity index (χ1v) is 58.7. The number of likely N-dealkylation sites (tertiary alicyclic amines) is 6. The van der Waals surface area contributed by atoms with E-state index in [0.29, 0.717) is 24.2 Å². The van der Waals surface area contributed by atoms with Crippen LogP contribution < -0.4 is 0 Å². The first-order chi connectivity index (χ1) is 67.5. The maximum absolute atomic E-state index is 13.2. The second-order valence-corrected chi connectivity index (χ2v) is 52.9. The average Bonchev–Trinajstić information content (AvgIpc) is 0.958. The minimum atomic E-state index is -0.362. The molecule has 6 saturated heterocycles. The number of nitrogens with zero attached hydrogens (tertiary/aromatic N) is 12. The molecule has 24 nitrogen and oxygen atoms in total. The second kappa shape index (κ2) is 59.0. The third-order valence-corrected chi connectivity index (χ3v) is 34.9. The number of ketones is 6. The molecule has 6 amide bonds. The zero-order valence-corrected chi connectivity index (χ0v) is 97.5. The van der Waals surface area contributed by atoms with Crippen LogP contribution in [0.1, 0.15) is 396 Å². The van der Waals surface area contributed by atoms with Crippen molar-refractivity contribution in [1.29, 1.82) is 0 Å². The summed E-state index contributed by atoms with van der Waals surface area (Å²) in [5, 5.41) is 0. The van der Waals surface area contributed by atoms with Crippen molar-refractivity contribution in [1.82, 2.24) is 58.8 Å². The molecule has 12 aliphatic rings. The summed E-state index contributed by atoms with van der Waals surface area (Å²) in [7, 11) is 11.5. The van der Waals surface area contributed by atoms with Crippen LogP contribution in [0, 0.1) is 104 Å².